The van der Waals surface area contributed by atoms with Crippen molar-refractivity contribution in [2.24, 2.45) is 10.7 Å². The van der Waals surface area contributed by atoms with E-state index in [4.69, 9.17) is 10.2 Å². The molecule has 1 aliphatic carbocycles. The lowest BCUT2D eigenvalue weighted by atomic mass is 10.1. The molecule has 0 saturated heterocycles. The highest BCUT2D eigenvalue weighted by Crippen LogP contribution is 2.24. The van der Waals surface area contributed by atoms with Crippen molar-refractivity contribution in [1.29, 1.82) is 0 Å². The highest BCUT2D eigenvalue weighted by atomic mass is 16.3. The monoisotopic (exact) mass is 374 g/mol. The summed E-state index contributed by atoms with van der Waals surface area (Å²) < 4.78 is 5.08. The molecule has 1 aromatic heterocycles. The third-order valence-electron chi connectivity index (χ3n) is 4.76. The van der Waals surface area contributed by atoms with E-state index in [2.05, 4.69) is 27.8 Å². The van der Waals surface area contributed by atoms with Crippen LogP contribution in [0.3, 0.4) is 0 Å². The van der Waals surface area contributed by atoms with Crippen molar-refractivity contribution in [3.63, 3.8) is 0 Å². The van der Waals surface area contributed by atoms with Gasteiger partial charge in [0.1, 0.15) is 0 Å². The second-order valence-corrected chi connectivity index (χ2v) is 6.79. The molecule has 0 unspecified atom stereocenters. The van der Waals surface area contributed by atoms with Crippen LogP contribution in [0.1, 0.15) is 33.7 Å². The molecule has 0 atom stereocenters. The lowest BCUT2D eigenvalue weighted by molar-refractivity contribution is 0.0996. The Bertz CT molecular complexity index is 992. The molecule has 3 aromatic rings. The summed E-state index contributed by atoms with van der Waals surface area (Å²) in [4.78, 5) is 16.4. The maximum absolute atomic E-state index is 12.0. The number of aryl methyl sites for hydroxylation is 2. The highest BCUT2D eigenvalue weighted by molar-refractivity contribution is 6.02. The molecule has 0 saturated carbocycles. The maximum atomic E-state index is 12.0. The second kappa shape index (κ2) is 8.00. The van der Waals surface area contributed by atoms with Gasteiger partial charge in [0.15, 0.2) is 11.7 Å². The van der Waals surface area contributed by atoms with Gasteiger partial charge in [0.2, 0.25) is 0 Å². The van der Waals surface area contributed by atoms with Crippen LogP contribution in [0.25, 0.3) is 0 Å². The summed E-state index contributed by atoms with van der Waals surface area (Å²) in [6.45, 7) is 0.455. The fraction of sp³-hybridized carbons (Fsp3) is 0.182. The zero-order valence-corrected chi connectivity index (χ0v) is 15.4. The fourth-order valence-electron chi connectivity index (χ4n) is 3.31. The van der Waals surface area contributed by atoms with Crippen molar-refractivity contribution in [2.75, 3.05) is 10.6 Å². The number of benzene rings is 2. The Morgan fingerprint density at radius 2 is 1.79 bits per heavy atom. The molecular weight excluding hydrogens is 352 g/mol. The lowest BCUT2D eigenvalue weighted by Gasteiger charge is -2.08. The number of carbonyl (C=O) groups excluding carboxylic acids is 1. The second-order valence-electron chi connectivity index (χ2n) is 6.79. The normalized spacial score (nSPS) is 13.2. The maximum Gasteiger partial charge on any atom is 0.291 e. The van der Waals surface area contributed by atoms with E-state index >= 15 is 0 Å². The van der Waals surface area contributed by atoms with Crippen molar-refractivity contribution >= 4 is 23.2 Å². The molecule has 0 aliphatic heterocycles. The standard InChI is InChI=1S/C22H22N4O2/c23-22(26-19-11-8-16-3-1-4-17(16)13-19)24-14-15-6-9-18(10-7-15)25-21(27)20-5-2-12-28-20/h2,5-13H,1,3-4,14H2,(H,25,27)(H3,23,24,26). The molecule has 142 valence electrons. The van der Waals surface area contributed by atoms with Gasteiger partial charge in [-0.15, -0.1) is 0 Å². The first-order valence-corrected chi connectivity index (χ1v) is 9.30. The number of guanidine groups is 1. The van der Waals surface area contributed by atoms with Gasteiger partial charge in [-0.2, -0.15) is 0 Å². The van der Waals surface area contributed by atoms with E-state index in [0.29, 0.717) is 18.2 Å². The van der Waals surface area contributed by atoms with Crippen molar-refractivity contribution in [1.82, 2.24) is 0 Å². The minimum atomic E-state index is -0.279. The number of furan rings is 1. The van der Waals surface area contributed by atoms with Gasteiger partial charge in [-0.1, -0.05) is 18.2 Å². The van der Waals surface area contributed by atoms with Gasteiger partial charge in [0.25, 0.3) is 5.91 Å². The van der Waals surface area contributed by atoms with Crippen LogP contribution in [0, 0.1) is 0 Å². The van der Waals surface area contributed by atoms with E-state index in [0.717, 1.165) is 24.1 Å². The molecular formula is C22H22N4O2. The van der Waals surface area contributed by atoms with E-state index in [-0.39, 0.29) is 11.7 Å². The molecule has 1 heterocycles. The summed E-state index contributed by atoms with van der Waals surface area (Å²) in [5, 5.41) is 5.94. The molecule has 6 nitrogen and oxygen atoms in total. The Morgan fingerprint density at radius 1 is 1.00 bits per heavy atom. The Morgan fingerprint density at radius 3 is 2.57 bits per heavy atom. The van der Waals surface area contributed by atoms with Crippen LogP contribution in [0.2, 0.25) is 0 Å². The highest BCUT2D eigenvalue weighted by Gasteiger charge is 2.11. The smallest absolute Gasteiger partial charge is 0.291 e. The van der Waals surface area contributed by atoms with E-state index in [1.807, 2.05) is 30.3 Å². The largest absolute Gasteiger partial charge is 0.459 e. The number of fused-ring (bicyclic) bond motifs is 1. The van der Waals surface area contributed by atoms with E-state index < -0.39 is 0 Å². The number of rotatable bonds is 5. The molecule has 4 N–H and O–H groups in total. The molecule has 0 spiro atoms. The predicted octanol–water partition coefficient (Wildman–Crippen LogP) is 3.95. The molecule has 1 aliphatic rings. The lowest BCUT2D eigenvalue weighted by Crippen LogP contribution is -2.22. The van der Waals surface area contributed by atoms with E-state index in [9.17, 15) is 4.79 Å². The van der Waals surface area contributed by atoms with Crippen LogP contribution in [-0.2, 0) is 19.4 Å². The Labute approximate surface area is 163 Å². The topological polar surface area (TPSA) is 92.6 Å². The Hall–Kier alpha value is -3.54. The fourth-order valence-corrected chi connectivity index (χ4v) is 3.31. The third kappa shape index (κ3) is 4.23. The minimum Gasteiger partial charge on any atom is -0.459 e. The summed E-state index contributed by atoms with van der Waals surface area (Å²) in [7, 11) is 0. The molecule has 28 heavy (non-hydrogen) atoms. The molecule has 4 rings (SSSR count). The van der Waals surface area contributed by atoms with Crippen LogP contribution in [0.15, 0.2) is 70.3 Å². The van der Waals surface area contributed by atoms with Crippen LogP contribution in [-0.4, -0.2) is 11.9 Å². The first-order valence-electron chi connectivity index (χ1n) is 9.30. The summed E-state index contributed by atoms with van der Waals surface area (Å²) in [6, 6.07) is 17.1. The van der Waals surface area contributed by atoms with Crippen molar-refractivity contribution < 1.29 is 9.21 Å². The van der Waals surface area contributed by atoms with Gasteiger partial charge < -0.3 is 20.8 Å². The van der Waals surface area contributed by atoms with Crippen molar-refractivity contribution in [3.8, 4) is 0 Å². The van der Waals surface area contributed by atoms with E-state index in [1.165, 1.54) is 23.8 Å². The van der Waals surface area contributed by atoms with Gasteiger partial charge in [-0.3, -0.25) is 4.79 Å². The van der Waals surface area contributed by atoms with Crippen LogP contribution >= 0.6 is 0 Å². The number of nitrogens with two attached hydrogens (primary N) is 1. The Kier molecular flexibility index (Phi) is 5.10. The number of nitrogens with zero attached hydrogens (tertiary/aromatic N) is 1. The minimum absolute atomic E-state index is 0.277. The number of carbonyl (C=O) groups is 1. The molecule has 0 bridgehead atoms. The quantitative estimate of drug-likeness (QED) is 0.466. The number of anilines is 2. The first kappa shape index (κ1) is 17.9. The zero-order chi connectivity index (χ0) is 19.3. The number of hydrogen-bond acceptors (Lipinski definition) is 3. The summed E-state index contributed by atoms with van der Waals surface area (Å²) in [6.07, 6.45) is 4.99. The molecule has 6 heteroatoms. The molecule has 0 radical (unpaired) electrons. The molecule has 2 aromatic carbocycles. The third-order valence-corrected chi connectivity index (χ3v) is 4.76. The SMILES string of the molecule is NC(=NCc1ccc(NC(=O)c2ccco2)cc1)Nc1ccc2c(c1)CCC2. The number of nitrogens with one attached hydrogen (secondary N) is 2. The first-order chi connectivity index (χ1) is 13.7. The van der Waals surface area contributed by atoms with Crippen LogP contribution < -0.4 is 16.4 Å². The Balaban J connectivity index is 1.33. The number of aliphatic imine (C=N–C) groups is 1. The number of amides is 1. The number of hydrogen-bond donors (Lipinski definition) is 3. The average molecular weight is 374 g/mol. The van der Waals surface area contributed by atoms with Crippen molar-refractivity contribution in [3.05, 3.63) is 83.3 Å². The van der Waals surface area contributed by atoms with E-state index in [1.54, 1.807) is 12.1 Å². The van der Waals surface area contributed by atoms with Gasteiger partial charge in [-0.25, -0.2) is 4.99 Å². The van der Waals surface area contributed by atoms with Gasteiger partial charge in [0, 0.05) is 11.4 Å². The van der Waals surface area contributed by atoms with Gasteiger partial charge in [-0.05, 0) is 72.4 Å². The van der Waals surface area contributed by atoms with Crippen molar-refractivity contribution in [2.45, 2.75) is 25.8 Å². The molecule has 1 amide bonds. The van der Waals surface area contributed by atoms with Crippen LogP contribution in [0.4, 0.5) is 11.4 Å². The molecule has 0 fully saturated rings. The van der Waals surface area contributed by atoms with Gasteiger partial charge >= 0.3 is 0 Å². The summed E-state index contributed by atoms with van der Waals surface area (Å²) in [5.74, 6) is 0.380. The summed E-state index contributed by atoms with van der Waals surface area (Å²) in [5.41, 5.74) is 11.5. The van der Waals surface area contributed by atoms with Gasteiger partial charge in [0.05, 0.1) is 12.8 Å². The van der Waals surface area contributed by atoms with Crippen LogP contribution in [0.5, 0.6) is 0 Å². The summed E-state index contributed by atoms with van der Waals surface area (Å²) >= 11 is 0. The predicted molar refractivity (Wildman–Crippen MR) is 111 cm³/mol. The average Bonchev–Trinajstić information content (AvgIpc) is 3.39. The zero-order valence-electron chi connectivity index (χ0n) is 15.4.